The van der Waals surface area contributed by atoms with E-state index >= 15 is 0 Å². The van der Waals surface area contributed by atoms with E-state index in [-0.39, 0.29) is 12.3 Å². The Labute approximate surface area is 157 Å². The Hall–Kier alpha value is -2.92. The van der Waals surface area contributed by atoms with Gasteiger partial charge in [0.1, 0.15) is 17.9 Å². The van der Waals surface area contributed by atoms with Crippen LogP contribution < -0.4 is 10.1 Å². The summed E-state index contributed by atoms with van der Waals surface area (Å²) in [6.07, 6.45) is 2.30. The second-order valence-corrected chi connectivity index (χ2v) is 6.21. The molecule has 5 nitrogen and oxygen atoms in total. The zero-order valence-corrected chi connectivity index (χ0v) is 15.0. The van der Waals surface area contributed by atoms with E-state index in [9.17, 15) is 4.79 Å². The number of methoxy groups -OCH3 is 1. The molecule has 0 bridgehead atoms. The molecule has 1 N–H and O–H groups in total. The maximum Gasteiger partial charge on any atom is 0.229 e. The summed E-state index contributed by atoms with van der Waals surface area (Å²) in [5.74, 6) is 1.05. The lowest BCUT2D eigenvalue weighted by Gasteiger charge is -2.07. The second kappa shape index (κ2) is 8.45. The van der Waals surface area contributed by atoms with Crippen LogP contribution in [0.3, 0.4) is 0 Å². The predicted octanol–water partition coefficient (Wildman–Crippen LogP) is 3.91. The van der Waals surface area contributed by atoms with E-state index in [2.05, 4.69) is 15.3 Å². The van der Waals surface area contributed by atoms with Gasteiger partial charge in [-0.15, -0.1) is 0 Å². The molecular formula is C20H18ClN3O2. The molecule has 1 heterocycles. The van der Waals surface area contributed by atoms with Crippen molar-refractivity contribution in [1.82, 2.24) is 9.97 Å². The van der Waals surface area contributed by atoms with Crippen LogP contribution in [0.25, 0.3) is 0 Å². The van der Waals surface area contributed by atoms with E-state index in [1.807, 2.05) is 48.5 Å². The summed E-state index contributed by atoms with van der Waals surface area (Å²) < 4.78 is 5.17. The molecule has 132 valence electrons. The Morgan fingerprint density at radius 1 is 1.08 bits per heavy atom. The molecule has 0 aliphatic carbocycles. The topological polar surface area (TPSA) is 64.1 Å². The van der Waals surface area contributed by atoms with Crippen molar-refractivity contribution in [3.8, 4) is 5.75 Å². The Bertz CT molecular complexity index is 915. The van der Waals surface area contributed by atoms with E-state index in [1.54, 1.807) is 13.2 Å². The van der Waals surface area contributed by atoms with Crippen LogP contribution in [0.2, 0.25) is 5.02 Å². The van der Waals surface area contributed by atoms with Crippen molar-refractivity contribution in [3.63, 3.8) is 0 Å². The normalized spacial score (nSPS) is 10.4. The van der Waals surface area contributed by atoms with Crippen LogP contribution in [-0.2, 0) is 17.6 Å². The van der Waals surface area contributed by atoms with Gasteiger partial charge in [-0.3, -0.25) is 4.79 Å². The van der Waals surface area contributed by atoms with Crippen molar-refractivity contribution in [2.75, 3.05) is 12.4 Å². The quantitative estimate of drug-likeness (QED) is 0.717. The molecule has 2 aromatic carbocycles. The van der Waals surface area contributed by atoms with Crippen LogP contribution in [0.5, 0.6) is 5.75 Å². The molecule has 0 aliphatic rings. The fraction of sp³-hybridized carbons (Fsp3) is 0.150. The lowest BCUT2D eigenvalue weighted by atomic mass is 10.1. The molecule has 3 aromatic rings. The number of carbonyl (C=O) groups excluding carboxylic acids is 1. The van der Waals surface area contributed by atoms with Crippen molar-refractivity contribution in [1.29, 1.82) is 0 Å². The van der Waals surface area contributed by atoms with E-state index in [0.29, 0.717) is 17.3 Å². The van der Waals surface area contributed by atoms with E-state index in [0.717, 1.165) is 22.6 Å². The first-order valence-corrected chi connectivity index (χ1v) is 8.48. The Kier molecular flexibility index (Phi) is 5.81. The summed E-state index contributed by atoms with van der Waals surface area (Å²) in [6, 6.07) is 16.8. The summed E-state index contributed by atoms with van der Waals surface area (Å²) in [7, 11) is 1.60. The molecule has 0 radical (unpaired) electrons. The molecule has 0 saturated heterocycles. The van der Waals surface area contributed by atoms with Gasteiger partial charge >= 0.3 is 0 Å². The van der Waals surface area contributed by atoms with Crippen LogP contribution >= 0.6 is 11.6 Å². The molecule has 3 rings (SSSR count). The first-order chi connectivity index (χ1) is 12.6. The van der Waals surface area contributed by atoms with Gasteiger partial charge in [0.15, 0.2) is 0 Å². The number of hydrogen-bond acceptors (Lipinski definition) is 4. The minimum Gasteiger partial charge on any atom is -0.497 e. The number of ether oxygens (including phenoxy) is 1. The smallest absolute Gasteiger partial charge is 0.229 e. The lowest BCUT2D eigenvalue weighted by molar-refractivity contribution is -0.115. The zero-order valence-electron chi connectivity index (χ0n) is 14.3. The number of halogens is 1. The molecule has 0 saturated carbocycles. The highest BCUT2D eigenvalue weighted by Gasteiger charge is 2.07. The van der Waals surface area contributed by atoms with E-state index in [1.165, 1.54) is 6.33 Å². The highest BCUT2D eigenvalue weighted by atomic mass is 35.5. The summed E-state index contributed by atoms with van der Waals surface area (Å²) in [5.41, 5.74) is 2.72. The summed E-state index contributed by atoms with van der Waals surface area (Å²) >= 11 is 6.01. The third-order valence-corrected chi connectivity index (χ3v) is 4.00. The Morgan fingerprint density at radius 3 is 2.69 bits per heavy atom. The van der Waals surface area contributed by atoms with Gasteiger partial charge in [0.05, 0.1) is 19.2 Å². The molecule has 1 aromatic heterocycles. The molecule has 0 fully saturated rings. The monoisotopic (exact) mass is 367 g/mol. The van der Waals surface area contributed by atoms with Gasteiger partial charge in [0, 0.05) is 17.5 Å². The SMILES string of the molecule is COc1cccc(CC(=O)Nc2cc(Cc3cccc(Cl)c3)ncn2)c1. The minimum absolute atomic E-state index is 0.148. The van der Waals surface area contributed by atoms with Gasteiger partial charge < -0.3 is 10.1 Å². The van der Waals surface area contributed by atoms with Gasteiger partial charge in [-0.05, 0) is 35.4 Å². The van der Waals surface area contributed by atoms with Crippen molar-refractivity contribution in [2.24, 2.45) is 0 Å². The van der Waals surface area contributed by atoms with Crippen LogP contribution in [0.15, 0.2) is 60.9 Å². The molecule has 26 heavy (non-hydrogen) atoms. The highest BCUT2D eigenvalue weighted by molar-refractivity contribution is 6.30. The summed E-state index contributed by atoms with van der Waals surface area (Å²) in [5, 5.41) is 3.49. The van der Waals surface area contributed by atoms with Gasteiger partial charge in [-0.1, -0.05) is 35.9 Å². The molecule has 0 spiro atoms. The minimum atomic E-state index is -0.148. The predicted molar refractivity (Wildman–Crippen MR) is 102 cm³/mol. The van der Waals surface area contributed by atoms with Crippen LogP contribution in [-0.4, -0.2) is 23.0 Å². The molecule has 6 heteroatoms. The summed E-state index contributed by atoms with van der Waals surface area (Å²) in [4.78, 5) is 20.6. The van der Waals surface area contributed by atoms with Crippen LogP contribution in [0.4, 0.5) is 5.82 Å². The fourth-order valence-electron chi connectivity index (χ4n) is 2.57. The largest absolute Gasteiger partial charge is 0.497 e. The molecule has 0 unspecified atom stereocenters. The fourth-order valence-corrected chi connectivity index (χ4v) is 2.79. The van der Waals surface area contributed by atoms with Crippen molar-refractivity contribution >= 4 is 23.3 Å². The summed E-state index contributed by atoms with van der Waals surface area (Å²) in [6.45, 7) is 0. The highest BCUT2D eigenvalue weighted by Crippen LogP contribution is 2.16. The number of nitrogens with zero attached hydrogens (tertiary/aromatic N) is 2. The third-order valence-electron chi connectivity index (χ3n) is 3.76. The second-order valence-electron chi connectivity index (χ2n) is 5.78. The average molecular weight is 368 g/mol. The standard InChI is InChI=1S/C20H18ClN3O2/c1-26-18-7-3-5-15(10-18)11-20(25)24-19-12-17(22-13-23-19)9-14-4-2-6-16(21)8-14/h2-8,10,12-13H,9,11H2,1H3,(H,22,23,24,25). The van der Waals surface area contributed by atoms with Crippen molar-refractivity contribution in [2.45, 2.75) is 12.8 Å². The van der Waals surface area contributed by atoms with Crippen LogP contribution in [0.1, 0.15) is 16.8 Å². The van der Waals surface area contributed by atoms with Gasteiger partial charge in [-0.2, -0.15) is 0 Å². The Balaban J connectivity index is 1.65. The number of rotatable bonds is 6. The zero-order chi connectivity index (χ0) is 18.4. The first-order valence-electron chi connectivity index (χ1n) is 8.10. The Morgan fingerprint density at radius 2 is 1.88 bits per heavy atom. The van der Waals surface area contributed by atoms with Crippen LogP contribution in [0, 0.1) is 0 Å². The van der Waals surface area contributed by atoms with Gasteiger partial charge in [-0.25, -0.2) is 9.97 Å². The number of aromatic nitrogens is 2. The number of benzene rings is 2. The lowest BCUT2D eigenvalue weighted by Crippen LogP contribution is -2.15. The molecule has 0 aliphatic heterocycles. The number of nitrogens with one attached hydrogen (secondary N) is 1. The van der Waals surface area contributed by atoms with Crippen molar-refractivity contribution in [3.05, 3.63) is 82.8 Å². The molecular weight excluding hydrogens is 350 g/mol. The maximum absolute atomic E-state index is 12.3. The maximum atomic E-state index is 12.3. The number of carbonyl (C=O) groups is 1. The number of anilines is 1. The molecule has 0 atom stereocenters. The average Bonchev–Trinajstić information content (AvgIpc) is 2.62. The third kappa shape index (κ3) is 5.04. The van der Waals surface area contributed by atoms with E-state index in [4.69, 9.17) is 16.3 Å². The first kappa shape index (κ1) is 17.9. The van der Waals surface area contributed by atoms with Gasteiger partial charge in [0.2, 0.25) is 5.91 Å². The number of hydrogen-bond donors (Lipinski definition) is 1. The van der Waals surface area contributed by atoms with Gasteiger partial charge in [0.25, 0.3) is 0 Å². The van der Waals surface area contributed by atoms with Crippen molar-refractivity contribution < 1.29 is 9.53 Å². The number of amides is 1. The molecule has 1 amide bonds. The van der Waals surface area contributed by atoms with E-state index < -0.39 is 0 Å².